The van der Waals surface area contributed by atoms with E-state index in [0.29, 0.717) is 44.0 Å². The Bertz CT molecular complexity index is 683. The Morgan fingerprint density at radius 3 is 2.50 bits per heavy atom. The summed E-state index contributed by atoms with van der Waals surface area (Å²) in [5.74, 6) is -0.0453. The van der Waals surface area contributed by atoms with Crippen LogP contribution in [0.25, 0.3) is 0 Å². The quantitative estimate of drug-likeness (QED) is 0.778. The number of hydrogen-bond donors (Lipinski definition) is 1. The van der Waals surface area contributed by atoms with Gasteiger partial charge in [0.2, 0.25) is 18.2 Å². The van der Waals surface area contributed by atoms with Gasteiger partial charge in [-0.05, 0) is 32.4 Å². The molecule has 1 aromatic carbocycles. The number of para-hydroxylation sites is 2. The summed E-state index contributed by atoms with van der Waals surface area (Å²) in [7, 11) is 0. The molecule has 0 radical (unpaired) electrons. The summed E-state index contributed by atoms with van der Waals surface area (Å²) in [6.45, 7) is 6.04. The van der Waals surface area contributed by atoms with Crippen LogP contribution in [0.15, 0.2) is 24.3 Å². The van der Waals surface area contributed by atoms with Gasteiger partial charge in [-0.3, -0.25) is 14.4 Å². The third-order valence-corrected chi connectivity index (χ3v) is 4.73. The van der Waals surface area contributed by atoms with Crippen molar-refractivity contribution < 1.29 is 19.1 Å². The van der Waals surface area contributed by atoms with Gasteiger partial charge in [0.05, 0.1) is 23.6 Å². The topological polar surface area (TPSA) is 79.0 Å². The largest absolute Gasteiger partial charge is 0.489 e. The third kappa shape index (κ3) is 4.15. The van der Waals surface area contributed by atoms with Crippen LogP contribution in [0.2, 0.25) is 0 Å². The number of hydrogen-bond acceptors (Lipinski definition) is 4. The van der Waals surface area contributed by atoms with Crippen molar-refractivity contribution in [3.8, 4) is 5.75 Å². The molecule has 26 heavy (non-hydrogen) atoms. The maximum absolute atomic E-state index is 12.5. The normalized spacial score (nSPS) is 22.1. The van der Waals surface area contributed by atoms with E-state index in [0.717, 1.165) is 6.41 Å². The standard InChI is InChI=1S/C19H25N3O4/c1-13(2)26-17-6-4-3-5-16(17)20-18(24)14-11-15(14)19(25)22-9-7-21(12-23)8-10-22/h3-6,12-15H,7-11H2,1-2H3,(H,20,24). The van der Waals surface area contributed by atoms with Crippen molar-refractivity contribution in [1.29, 1.82) is 0 Å². The molecule has 140 valence electrons. The van der Waals surface area contributed by atoms with E-state index in [-0.39, 0.29) is 29.8 Å². The van der Waals surface area contributed by atoms with E-state index in [4.69, 9.17) is 4.74 Å². The summed E-state index contributed by atoms with van der Waals surface area (Å²) in [6, 6.07) is 7.31. The van der Waals surface area contributed by atoms with Gasteiger partial charge in [0, 0.05) is 26.2 Å². The molecule has 7 nitrogen and oxygen atoms in total. The first-order valence-electron chi connectivity index (χ1n) is 9.04. The zero-order chi connectivity index (χ0) is 18.7. The number of carbonyl (C=O) groups excluding carboxylic acids is 3. The van der Waals surface area contributed by atoms with Crippen molar-refractivity contribution in [2.24, 2.45) is 11.8 Å². The Morgan fingerprint density at radius 2 is 1.85 bits per heavy atom. The predicted molar refractivity (Wildman–Crippen MR) is 96.6 cm³/mol. The van der Waals surface area contributed by atoms with Crippen LogP contribution in [-0.2, 0) is 14.4 Å². The van der Waals surface area contributed by atoms with Crippen LogP contribution < -0.4 is 10.1 Å². The highest BCUT2D eigenvalue weighted by molar-refractivity contribution is 6.00. The molecule has 1 heterocycles. The van der Waals surface area contributed by atoms with Crippen LogP contribution >= 0.6 is 0 Å². The predicted octanol–water partition coefficient (Wildman–Crippen LogP) is 1.35. The molecule has 2 unspecified atom stereocenters. The molecule has 1 aromatic rings. The van der Waals surface area contributed by atoms with Crippen LogP contribution in [-0.4, -0.2) is 60.3 Å². The van der Waals surface area contributed by atoms with E-state index < -0.39 is 0 Å². The second-order valence-electron chi connectivity index (χ2n) is 7.07. The molecule has 1 saturated heterocycles. The lowest BCUT2D eigenvalue weighted by atomic mass is 10.2. The highest BCUT2D eigenvalue weighted by Gasteiger charge is 2.49. The van der Waals surface area contributed by atoms with Crippen molar-refractivity contribution in [2.45, 2.75) is 26.4 Å². The smallest absolute Gasteiger partial charge is 0.228 e. The average Bonchev–Trinajstić information content (AvgIpc) is 3.43. The fraction of sp³-hybridized carbons (Fsp3) is 0.526. The van der Waals surface area contributed by atoms with Gasteiger partial charge in [-0.1, -0.05) is 12.1 Å². The van der Waals surface area contributed by atoms with Crippen LogP contribution in [0.1, 0.15) is 20.3 Å². The number of nitrogens with zero attached hydrogens (tertiary/aromatic N) is 2. The van der Waals surface area contributed by atoms with Crippen molar-refractivity contribution in [1.82, 2.24) is 9.80 Å². The van der Waals surface area contributed by atoms with E-state index >= 15 is 0 Å². The minimum absolute atomic E-state index is 0.00772. The number of ether oxygens (including phenoxy) is 1. The zero-order valence-corrected chi connectivity index (χ0v) is 15.2. The van der Waals surface area contributed by atoms with Gasteiger partial charge >= 0.3 is 0 Å². The summed E-state index contributed by atoms with van der Waals surface area (Å²) in [4.78, 5) is 39.2. The van der Waals surface area contributed by atoms with Crippen LogP contribution in [0.3, 0.4) is 0 Å². The minimum atomic E-state index is -0.293. The highest BCUT2D eigenvalue weighted by atomic mass is 16.5. The monoisotopic (exact) mass is 359 g/mol. The number of piperazine rings is 1. The molecule has 2 fully saturated rings. The van der Waals surface area contributed by atoms with Gasteiger partial charge in [0.15, 0.2) is 0 Å². The van der Waals surface area contributed by atoms with E-state index in [1.807, 2.05) is 32.0 Å². The summed E-state index contributed by atoms with van der Waals surface area (Å²) < 4.78 is 5.71. The Balaban J connectivity index is 1.55. The lowest BCUT2D eigenvalue weighted by Crippen LogP contribution is -2.48. The van der Waals surface area contributed by atoms with Crippen molar-refractivity contribution in [3.63, 3.8) is 0 Å². The third-order valence-electron chi connectivity index (χ3n) is 4.73. The maximum Gasteiger partial charge on any atom is 0.228 e. The number of benzene rings is 1. The average molecular weight is 359 g/mol. The molecule has 1 aliphatic heterocycles. The summed E-state index contributed by atoms with van der Waals surface area (Å²) in [6.07, 6.45) is 1.39. The summed E-state index contributed by atoms with van der Waals surface area (Å²) >= 11 is 0. The molecular weight excluding hydrogens is 334 g/mol. The number of anilines is 1. The molecule has 1 aliphatic carbocycles. The first-order valence-corrected chi connectivity index (χ1v) is 9.04. The fourth-order valence-corrected chi connectivity index (χ4v) is 3.19. The molecule has 0 bridgehead atoms. The zero-order valence-electron chi connectivity index (χ0n) is 15.2. The molecule has 2 atom stereocenters. The molecule has 0 aromatic heterocycles. The van der Waals surface area contributed by atoms with E-state index in [1.165, 1.54) is 0 Å². The fourth-order valence-electron chi connectivity index (χ4n) is 3.19. The summed E-state index contributed by atoms with van der Waals surface area (Å²) in [5.41, 5.74) is 0.629. The Hall–Kier alpha value is -2.57. The maximum atomic E-state index is 12.5. The molecule has 2 aliphatic rings. The van der Waals surface area contributed by atoms with Gasteiger partial charge in [-0.25, -0.2) is 0 Å². The first kappa shape index (κ1) is 18.2. The van der Waals surface area contributed by atoms with Gasteiger partial charge in [0.1, 0.15) is 5.75 Å². The molecule has 1 N–H and O–H groups in total. The van der Waals surface area contributed by atoms with E-state index in [1.54, 1.807) is 15.9 Å². The first-order chi connectivity index (χ1) is 12.5. The van der Waals surface area contributed by atoms with Crippen molar-refractivity contribution in [2.75, 3.05) is 31.5 Å². The van der Waals surface area contributed by atoms with Crippen molar-refractivity contribution in [3.05, 3.63) is 24.3 Å². The lowest BCUT2D eigenvalue weighted by molar-refractivity contribution is -0.137. The molecule has 0 spiro atoms. The van der Waals surface area contributed by atoms with Crippen LogP contribution in [0, 0.1) is 11.8 Å². The Morgan fingerprint density at radius 1 is 1.15 bits per heavy atom. The molecule has 7 heteroatoms. The second-order valence-corrected chi connectivity index (χ2v) is 7.07. The van der Waals surface area contributed by atoms with Crippen LogP contribution in [0.5, 0.6) is 5.75 Å². The lowest BCUT2D eigenvalue weighted by Gasteiger charge is -2.32. The molecule has 1 saturated carbocycles. The Labute approximate surface area is 153 Å². The Kier molecular flexibility index (Phi) is 5.44. The molecule has 3 amide bonds. The number of carbonyl (C=O) groups is 3. The van der Waals surface area contributed by atoms with E-state index in [2.05, 4.69) is 5.32 Å². The van der Waals surface area contributed by atoms with Gasteiger partial charge in [-0.15, -0.1) is 0 Å². The number of amides is 3. The minimum Gasteiger partial charge on any atom is -0.489 e. The summed E-state index contributed by atoms with van der Waals surface area (Å²) in [5, 5.41) is 2.89. The van der Waals surface area contributed by atoms with Gasteiger partial charge in [0.25, 0.3) is 0 Å². The number of nitrogens with one attached hydrogen (secondary N) is 1. The van der Waals surface area contributed by atoms with E-state index in [9.17, 15) is 14.4 Å². The van der Waals surface area contributed by atoms with Gasteiger partial charge in [-0.2, -0.15) is 0 Å². The van der Waals surface area contributed by atoms with Crippen molar-refractivity contribution >= 4 is 23.9 Å². The van der Waals surface area contributed by atoms with Gasteiger partial charge < -0.3 is 19.9 Å². The van der Waals surface area contributed by atoms with Crippen LogP contribution in [0.4, 0.5) is 5.69 Å². The SMILES string of the molecule is CC(C)Oc1ccccc1NC(=O)C1CC1C(=O)N1CCN(C=O)CC1. The highest BCUT2D eigenvalue weighted by Crippen LogP contribution is 2.41. The number of rotatable bonds is 6. The second kappa shape index (κ2) is 7.76. The molecule has 3 rings (SSSR count). The molecular formula is C19H25N3O4.